The molecule has 1 saturated heterocycles. The van der Waals surface area contributed by atoms with Gasteiger partial charge in [0.15, 0.2) is 0 Å². The Kier molecular flexibility index (Phi) is 9.45. The van der Waals surface area contributed by atoms with Crippen molar-refractivity contribution < 1.29 is 32.9 Å². The van der Waals surface area contributed by atoms with Gasteiger partial charge in [-0.3, -0.25) is 9.78 Å². The third kappa shape index (κ3) is 7.70. The first kappa shape index (κ1) is 28.8. The lowest BCUT2D eigenvalue weighted by molar-refractivity contribution is -0.139. The maximum Gasteiger partial charge on any atom is 0.416 e. The summed E-state index contributed by atoms with van der Waals surface area (Å²) in [4.78, 5) is 18.2. The number of alkyl halides is 3. The van der Waals surface area contributed by atoms with Gasteiger partial charge in [-0.05, 0) is 98.5 Å². The van der Waals surface area contributed by atoms with Crippen molar-refractivity contribution in [3.63, 3.8) is 0 Å². The van der Waals surface area contributed by atoms with Gasteiger partial charge in [0.1, 0.15) is 5.75 Å². The van der Waals surface area contributed by atoms with E-state index in [0.29, 0.717) is 50.1 Å². The number of benzene rings is 2. The number of nitrogens with zero attached hydrogens (tertiary/aromatic N) is 2. The Morgan fingerprint density at radius 2 is 2.00 bits per heavy atom. The smallest absolute Gasteiger partial charge is 0.416 e. The fourth-order valence-electron chi connectivity index (χ4n) is 5.70. The number of aliphatic hydroxyl groups is 1. The number of methoxy groups -OCH3 is 1. The molecule has 2 heterocycles. The Morgan fingerprint density at radius 1 is 1.18 bits per heavy atom. The van der Waals surface area contributed by atoms with Crippen LogP contribution in [-0.2, 0) is 17.4 Å². The van der Waals surface area contributed by atoms with E-state index in [0.717, 1.165) is 35.5 Å². The van der Waals surface area contributed by atoms with Gasteiger partial charge < -0.3 is 19.8 Å². The molecule has 1 aromatic heterocycles. The third-order valence-corrected chi connectivity index (χ3v) is 7.76. The molecule has 0 amide bonds. The minimum atomic E-state index is -4.35. The number of aryl methyl sites for hydroxylation is 1. The van der Waals surface area contributed by atoms with Gasteiger partial charge in [-0.15, -0.1) is 0 Å². The van der Waals surface area contributed by atoms with Crippen LogP contribution in [0.5, 0.6) is 5.75 Å². The molecule has 0 spiro atoms. The molecule has 1 fully saturated rings. The standard InChI is InChI=1S/C30H35F3N2O4/c1-39-24-8-9-27-26(18-24)25(11-13-34-27)28(36)10-7-21-12-15-35(19-22(21)17-29(37)38)14-3-5-20-4-2-6-23(16-20)30(31,32)33/h2,4,6,8-9,11,13,16,18,21-22,28,36H,3,5,7,10,12,14-15,17,19H2,1H3,(H,37,38)/t21-,22+,28?/m1/s1. The van der Waals surface area contributed by atoms with Crippen molar-refractivity contribution >= 4 is 16.9 Å². The van der Waals surface area contributed by atoms with Crippen molar-refractivity contribution in [3.05, 3.63) is 71.4 Å². The molecular weight excluding hydrogens is 509 g/mol. The molecule has 3 aromatic rings. The molecule has 1 aliphatic rings. The topological polar surface area (TPSA) is 82.9 Å². The monoisotopic (exact) mass is 544 g/mol. The number of aliphatic carboxylic acids is 1. The highest BCUT2D eigenvalue weighted by molar-refractivity contribution is 5.83. The van der Waals surface area contributed by atoms with Crippen LogP contribution in [0.4, 0.5) is 13.2 Å². The number of aromatic nitrogens is 1. The summed E-state index contributed by atoms with van der Waals surface area (Å²) >= 11 is 0. The van der Waals surface area contributed by atoms with Gasteiger partial charge in [-0.2, -0.15) is 13.2 Å². The number of likely N-dealkylation sites (tertiary alicyclic amines) is 1. The molecule has 2 aromatic carbocycles. The van der Waals surface area contributed by atoms with Crippen LogP contribution in [0.3, 0.4) is 0 Å². The average molecular weight is 545 g/mol. The summed E-state index contributed by atoms with van der Waals surface area (Å²) in [5, 5.41) is 21.4. The normalized spacial score (nSPS) is 19.2. The Hall–Kier alpha value is -3.17. The van der Waals surface area contributed by atoms with Crippen LogP contribution >= 0.6 is 0 Å². The molecule has 3 atom stereocenters. The fraction of sp³-hybridized carbons (Fsp3) is 0.467. The van der Waals surface area contributed by atoms with E-state index in [9.17, 15) is 28.2 Å². The highest BCUT2D eigenvalue weighted by atomic mass is 19.4. The van der Waals surface area contributed by atoms with Crippen LogP contribution in [0.2, 0.25) is 0 Å². The van der Waals surface area contributed by atoms with Gasteiger partial charge >= 0.3 is 12.1 Å². The van der Waals surface area contributed by atoms with Crippen LogP contribution in [0, 0.1) is 11.8 Å². The first-order valence-electron chi connectivity index (χ1n) is 13.3. The zero-order valence-electron chi connectivity index (χ0n) is 22.0. The van der Waals surface area contributed by atoms with E-state index < -0.39 is 23.8 Å². The number of aliphatic hydroxyl groups excluding tert-OH is 1. The quantitative estimate of drug-likeness (QED) is 0.303. The van der Waals surface area contributed by atoms with Crippen LogP contribution in [-0.4, -0.2) is 52.8 Å². The largest absolute Gasteiger partial charge is 0.497 e. The van der Waals surface area contributed by atoms with Crippen molar-refractivity contribution in [2.45, 2.75) is 50.8 Å². The van der Waals surface area contributed by atoms with Gasteiger partial charge in [0.25, 0.3) is 0 Å². The second-order valence-electron chi connectivity index (χ2n) is 10.4. The van der Waals surface area contributed by atoms with Crippen LogP contribution < -0.4 is 4.74 Å². The van der Waals surface area contributed by atoms with Crippen molar-refractivity contribution in [3.8, 4) is 5.75 Å². The Labute approximate surface area is 226 Å². The summed E-state index contributed by atoms with van der Waals surface area (Å²) in [7, 11) is 1.59. The van der Waals surface area contributed by atoms with Crippen LogP contribution in [0.1, 0.15) is 54.9 Å². The van der Waals surface area contributed by atoms with E-state index in [4.69, 9.17) is 4.74 Å². The molecule has 1 aliphatic heterocycles. The Balaban J connectivity index is 1.33. The van der Waals surface area contributed by atoms with Crippen molar-refractivity contribution in [2.75, 3.05) is 26.7 Å². The molecule has 39 heavy (non-hydrogen) atoms. The number of carboxylic acid groups (broad SMARTS) is 1. The van der Waals surface area contributed by atoms with Crippen molar-refractivity contribution in [1.82, 2.24) is 9.88 Å². The van der Waals surface area contributed by atoms with Gasteiger partial charge in [0.05, 0.1) is 24.3 Å². The number of carbonyl (C=O) groups is 1. The number of hydrogen-bond acceptors (Lipinski definition) is 5. The molecule has 6 nitrogen and oxygen atoms in total. The predicted molar refractivity (Wildman–Crippen MR) is 143 cm³/mol. The highest BCUT2D eigenvalue weighted by Crippen LogP contribution is 2.35. The predicted octanol–water partition coefficient (Wildman–Crippen LogP) is 6.12. The molecule has 0 aliphatic carbocycles. The van der Waals surface area contributed by atoms with Gasteiger partial charge in [-0.1, -0.05) is 18.2 Å². The second kappa shape index (κ2) is 12.8. The lowest BCUT2D eigenvalue weighted by Gasteiger charge is -2.38. The second-order valence-corrected chi connectivity index (χ2v) is 10.4. The number of piperidine rings is 1. The number of rotatable bonds is 11. The molecule has 1 unspecified atom stereocenters. The molecule has 2 N–H and O–H groups in total. The third-order valence-electron chi connectivity index (χ3n) is 7.76. The van der Waals surface area contributed by atoms with E-state index in [-0.39, 0.29) is 18.3 Å². The maximum absolute atomic E-state index is 13.0. The highest BCUT2D eigenvalue weighted by Gasteiger charge is 2.32. The SMILES string of the molecule is COc1ccc2nccc(C(O)CC[C@@H]3CCN(CCCc4cccc(C(F)(F)F)c4)C[C@@H]3CC(=O)O)c2c1. The number of carboxylic acids is 1. The van der Waals surface area contributed by atoms with E-state index in [2.05, 4.69) is 9.88 Å². The zero-order chi connectivity index (χ0) is 28.0. The number of hydrogen-bond donors (Lipinski definition) is 2. The van der Waals surface area contributed by atoms with E-state index in [1.54, 1.807) is 19.4 Å². The van der Waals surface area contributed by atoms with Crippen LogP contribution in [0.25, 0.3) is 10.9 Å². The molecule has 0 bridgehead atoms. The van der Waals surface area contributed by atoms with Gasteiger partial charge in [-0.25, -0.2) is 0 Å². The Morgan fingerprint density at radius 3 is 2.74 bits per heavy atom. The molecule has 9 heteroatoms. The summed E-state index contributed by atoms with van der Waals surface area (Å²) < 4.78 is 44.3. The minimum Gasteiger partial charge on any atom is -0.497 e. The van der Waals surface area contributed by atoms with Gasteiger partial charge in [0.2, 0.25) is 0 Å². The molecular formula is C30H35F3N2O4. The summed E-state index contributed by atoms with van der Waals surface area (Å²) in [5.41, 5.74) is 1.57. The maximum atomic E-state index is 13.0. The lowest BCUT2D eigenvalue weighted by Crippen LogP contribution is -2.42. The minimum absolute atomic E-state index is 0.0497. The first-order chi connectivity index (χ1) is 18.6. The number of ether oxygens (including phenoxy) is 1. The summed E-state index contributed by atoms with van der Waals surface area (Å²) in [6, 6.07) is 12.8. The summed E-state index contributed by atoms with van der Waals surface area (Å²) in [6.45, 7) is 2.13. The molecule has 0 saturated carbocycles. The van der Waals surface area contributed by atoms with E-state index >= 15 is 0 Å². The van der Waals surface area contributed by atoms with E-state index in [1.807, 2.05) is 24.3 Å². The number of halogens is 3. The fourth-order valence-corrected chi connectivity index (χ4v) is 5.70. The lowest BCUT2D eigenvalue weighted by atomic mass is 9.79. The summed E-state index contributed by atoms with van der Waals surface area (Å²) in [6.07, 6.45) is -0.0750. The summed E-state index contributed by atoms with van der Waals surface area (Å²) in [5.74, 6) is -0.0427. The first-order valence-corrected chi connectivity index (χ1v) is 13.3. The van der Waals surface area contributed by atoms with Crippen molar-refractivity contribution in [2.24, 2.45) is 11.8 Å². The van der Waals surface area contributed by atoms with Gasteiger partial charge in [0, 0.05) is 24.5 Å². The van der Waals surface area contributed by atoms with E-state index in [1.165, 1.54) is 12.1 Å². The molecule has 210 valence electrons. The Bertz CT molecular complexity index is 1270. The molecule has 4 rings (SSSR count). The zero-order valence-corrected chi connectivity index (χ0v) is 22.0. The number of fused-ring (bicyclic) bond motifs is 1. The number of pyridine rings is 1. The molecule has 0 radical (unpaired) electrons. The average Bonchev–Trinajstić information content (AvgIpc) is 2.91. The van der Waals surface area contributed by atoms with Crippen LogP contribution in [0.15, 0.2) is 54.7 Å². The van der Waals surface area contributed by atoms with Crippen molar-refractivity contribution in [1.29, 1.82) is 0 Å².